The van der Waals surface area contributed by atoms with Gasteiger partial charge in [-0.1, -0.05) is 18.2 Å². The first-order chi connectivity index (χ1) is 14.1. The smallest absolute Gasteiger partial charge is 0.341 e. The number of H-pyrrole nitrogens is 1. The zero-order valence-electron chi connectivity index (χ0n) is 16.5. The molecule has 1 aromatic carbocycles. The molecule has 1 aliphatic rings. The Morgan fingerprint density at radius 2 is 2.03 bits per heavy atom. The molecule has 0 aliphatic heterocycles. The van der Waals surface area contributed by atoms with Crippen LogP contribution < -0.4 is 5.56 Å². The van der Waals surface area contributed by atoms with Gasteiger partial charge in [0, 0.05) is 16.8 Å². The second-order valence-corrected chi connectivity index (χ2v) is 8.08. The maximum Gasteiger partial charge on any atom is 0.341 e. The molecule has 2 heterocycles. The quantitative estimate of drug-likeness (QED) is 0.503. The highest BCUT2D eigenvalue weighted by atomic mass is 32.1. The average molecular weight is 410 g/mol. The van der Waals surface area contributed by atoms with Gasteiger partial charge < -0.3 is 4.74 Å². The molecule has 29 heavy (non-hydrogen) atoms. The summed E-state index contributed by atoms with van der Waals surface area (Å²) in [6.45, 7) is 3.97. The molecule has 0 unspecified atom stereocenters. The van der Waals surface area contributed by atoms with Gasteiger partial charge in [0.2, 0.25) is 0 Å². The van der Waals surface area contributed by atoms with E-state index in [1.165, 1.54) is 20.9 Å². The highest BCUT2D eigenvalue weighted by Crippen LogP contribution is 2.40. The monoisotopic (exact) mass is 409 g/mol. The first-order valence-electron chi connectivity index (χ1n) is 9.83. The lowest BCUT2D eigenvalue weighted by molar-refractivity contribution is 0.0526. The number of para-hydroxylation sites is 1. The van der Waals surface area contributed by atoms with E-state index in [1.807, 2.05) is 37.3 Å². The summed E-state index contributed by atoms with van der Waals surface area (Å²) >= 11 is 1.53. The number of hydrogen-bond acceptors (Lipinski definition) is 5. The zero-order chi connectivity index (χ0) is 20.4. The average Bonchev–Trinajstić information content (AvgIpc) is 3.24. The second kappa shape index (κ2) is 8.21. The van der Waals surface area contributed by atoms with Gasteiger partial charge in [-0.25, -0.2) is 14.5 Å². The number of carbonyl (C=O) groups is 1. The number of nitrogens with one attached hydrogen (secondary N) is 1. The Balaban J connectivity index is 1.74. The van der Waals surface area contributed by atoms with Crippen molar-refractivity contribution in [2.75, 3.05) is 6.61 Å². The minimum Gasteiger partial charge on any atom is -0.462 e. The van der Waals surface area contributed by atoms with Gasteiger partial charge in [0.1, 0.15) is 5.00 Å². The normalized spacial score (nSPS) is 13.6. The van der Waals surface area contributed by atoms with Gasteiger partial charge in [-0.15, -0.1) is 11.3 Å². The number of aromatic amines is 1. The summed E-state index contributed by atoms with van der Waals surface area (Å²) in [5.41, 5.74) is 3.44. The van der Waals surface area contributed by atoms with Crippen molar-refractivity contribution < 1.29 is 9.53 Å². The Morgan fingerprint density at radius 1 is 1.28 bits per heavy atom. The van der Waals surface area contributed by atoms with Crippen LogP contribution >= 0.6 is 11.3 Å². The maximum absolute atomic E-state index is 12.9. The van der Waals surface area contributed by atoms with E-state index in [1.54, 1.807) is 13.1 Å². The molecule has 0 radical (unpaired) electrons. The Bertz CT molecular complexity index is 1120. The van der Waals surface area contributed by atoms with Gasteiger partial charge >= 0.3 is 5.97 Å². The molecule has 0 atom stereocenters. The van der Waals surface area contributed by atoms with Gasteiger partial charge in [0.15, 0.2) is 0 Å². The predicted octanol–water partition coefficient (Wildman–Crippen LogP) is 4.34. The van der Waals surface area contributed by atoms with Crippen molar-refractivity contribution in [1.29, 1.82) is 0 Å². The van der Waals surface area contributed by atoms with E-state index in [0.717, 1.165) is 42.6 Å². The van der Waals surface area contributed by atoms with Gasteiger partial charge in [0.25, 0.3) is 5.56 Å². The summed E-state index contributed by atoms with van der Waals surface area (Å²) in [5, 5.41) is 3.72. The molecule has 1 aliphatic carbocycles. The number of rotatable bonds is 5. The van der Waals surface area contributed by atoms with Gasteiger partial charge in [0.05, 0.1) is 23.4 Å². The van der Waals surface area contributed by atoms with Gasteiger partial charge in [-0.2, -0.15) is 0 Å². The number of carbonyl (C=O) groups excluding carboxylic acids is 1. The van der Waals surface area contributed by atoms with E-state index in [0.29, 0.717) is 22.7 Å². The van der Waals surface area contributed by atoms with E-state index >= 15 is 0 Å². The third-order valence-corrected chi connectivity index (χ3v) is 6.27. The van der Waals surface area contributed by atoms with Gasteiger partial charge in [-0.3, -0.25) is 9.89 Å². The molecule has 0 fully saturated rings. The third kappa shape index (κ3) is 3.70. The summed E-state index contributed by atoms with van der Waals surface area (Å²) in [5.74, 6) is -0.327. The first-order valence-corrected chi connectivity index (χ1v) is 10.6. The van der Waals surface area contributed by atoms with E-state index in [9.17, 15) is 9.59 Å². The van der Waals surface area contributed by atoms with Crippen LogP contribution in [0.3, 0.4) is 0 Å². The molecule has 150 valence electrons. The van der Waals surface area contributed by atoms with Crippen LogP contribution in [0.15, 0.2) is 40.1 Å². The molecule has 0 bridgehead atoms. The van der Waals surface area contributed by atoms with Crippen LogP contribution in [-0.4, -0.2) is 28.6 Å². The minimum atomic E-state index is -0.327. The van der Waals surface area contributed by atoms with Crippen LogP contribution in [0.1, 0.15) is 51.8 Å². The number of esters is 1. The Morgan fingerprint density at radius 3 is 2.79 bits per heavy atom. The Hall–Kier alpha value is -2.93. The van der Waals surface area contributed by atoms with Crippen LogP contribution in [-0.2, 0) is 17.6 Å². The molecule has 4 rings (SSSR count). The molecular formula is C22H23N3O3S. The number of aryl methyl sites for hydroxylation is 2. The summed E-state index contributed by atoms with van der Waals surface area (Å²) in [4.78, 5) is 31.2. The number of thiophene rings is 1. The number of aromatic nitrogens is 2. The van der Waals surface area contributed by atoms with Crippen LogP contribution in [0.5, 0.6) is 0 Å². The largest absolute Gasteiger partial charge is 0.462 e. The lowest BCUT2D eigenvalue weighted by Gasteiger charge is -2.11. The molecule has 0 spiro atoms. The van der Waals surface area contributed by atoms with E-state index < -0.39 is 0 Å². The standard InChI is InChI=1S/C22H23N3O3S/c1-3-28-22(27)19-16-11-7-8-12-18(16)29-20(19)23-13-17-14(2)24-25(21(17)26)15-9-5-4-6-10-15/h4-6,9-10,13,24H,3,7-8,11-12H2,1-2H3/b23-13+. The molecule has 3 aromatic rings. The lowest BCUT2D eigenvalue weighted by atomic mass is 9.95. The fraction of sp³-hybridized carbons (Fsp3) is 0.318. The van der Waals surface area contributed by atoms with Crippen molar-refractivity contribution in [2.24, 2.45) is 4.99 Å². The van der Waals surface area contributed by atoms with E-state index in [2.05, 4.69) is 10.1 Å². The number of benzene rings is 1. The summed E-state index contributed by atoms with van der Waals surface area (Å²) in [7, 11) is 0. The van der Waals surface area contributed by atoms with Crippen molar-refractivity contribution in [3.05, 3.63) is 67.9 Å². The lowest BCUT2D eigenvalue weighted by Crippen LogP contribution is -2.17. The molecule has 0 saturated heterocycles. The van der Waals surface area contributed by atoms with Crippen LogP contribution in [0, 0.1) is 6.92 Å². The van der Waals surface area contributed by atoms with Crippen LogP contribution in [0.25, 0.3) is 5.69 Å². The highest BCUT2D eigenvalue weighted by molar-refractivity contribution is 7.16. The predicted molar refractivity (Wildman–Crippen MR) is 115 cm³/mol. The van der Waals surface area contributed by atoms with E-state index in [-0.39, 0.29) is 11.5 Å². The number of ether oxygens (including phenoxy) is 1. The molecule has 0 saturated carbocycles. The van der Waals surface area contributed by atoms with Crippen LogP contribution in [0.2, 0.25) is 0 Å². The van der Waals surface area contributed by atoms with Crippen molar-refractivity contribution in [3.63, 3.8) is 0 Å². The highest BCUT2D eigenvalue weighted by Gasteiger charge is 2.26. The van der Waals surface area contributed by atoms with Crippen molar-refractivity contribution >= 4 is 28.5 Å². The van der Waals surface area contributed by atoms with E-state index in [4.69, 9.17) is 4.74 Å². The zero-order valence-corrected chi connectivity index (χ0v) is 17.3. The molecule has 2 aromatic heterocycles. The van der Waals surface area contributed by atoms with Crippen LogP contribution in [0.4, 0.5) is 5.00 Å². The maximum atomic E-state index is 12.9. The summed E-state index contributed by atoms with van der Waals surface area (Å²) in [6, 6.07) is 9.40. The first kappa shape index (κ1) is 19.4. The molecule has 7 heteroatoms. The fourth-order valence-corrected chi connectivity index (χ4v) is 4.87. The molecule has 1 N–H and O–H groups in total. The molecule has 6 nitrogen and oxygen atoms in total. The molecular weight excluding hydrogens is 386 g/mol. The SMILES string of the molecule is CCOC(=O)c1c(/N=C/c2c(C)[nH]n(-c3ccccc3)c2=O)sc2c1CCCC2. The number of nitrogens with zero attached hydrogens (tertiary/aromatic N) is 2. The summed E-state index contributed by atoms with van der Waals surface area (Å²) < 4.78 is 6.78. The van der Waals surface area contributed by atoms with Crippen molar-refractivity contribution in [3.8, 4) is 5.69 Å². The third-order valence-electron chi connectivity index (χ3n) is 5.07. The van der Waals surface area contributed by atoms with Gasteiger partial charge in [-0.05, 0) is 57.2 Å². The number of aliphatic imine (C=N–C) groups is 1. The van der Waals surface area contributed by atoms with Crippen molar-refractivity contribution in [2.45, 2.75) is 39.5 Å². The topological polar surface area (TPSA) is 76.4 Å². The Kier molecular flexibility index (Phi) is 5.49. The molecule has 0 amide bonds. The number of hydrogen-bond donors (Lipinski definition) is 1. The minimum absolute atomic E-state index is 0.170. The number of fused-ring (bicyclic) bond motifs is 1. The Labute approximate surface area is 172 Å². The fourth-order valence-electron chi connectivity index (χ4n) is 3.65. The van der Waals surface area contributed by atoms with Crippen molar-refractivity contribution in [1.82, 2.24) is 9.78 Å². The second-order valence-electron chi connectivity index (χ2n) is 7.00. The summed E-state index contributed by atoms with van der Waals surface area (Å²) in [6.07, 6.45) is 5.59.